The molecular formula is C35H47N5O2. The van der Waals surface area contributed by atoms with Gasteiger partial charge in [-0.3, -0.25) is 19.2 Å². The standard InChI is InChI=1S/C19H26N2O2.C16H21N3/c1-12-4-7-17(8-12)21-10-16(11-21)19(23)20-18-9-15(14(3)22)6-5-13(18)2;1-18-9-7-15(8-10-18)13-3-5-14(6-4-13)16-11-17-19(2)12-16/h5-6,9,12,16-17H,4,7-8,10-11H2,1-3H3,(H,20,23);3-6,11-12,15H,7-10H2,1-2H3. The van der Waals surface area contributed by atoms with E-state index in [0.717, 1.165) is 36.2 Å². The first kappa shape index (κ1) is 30.2. The first-order chi connectivity index (χ1) is 20.2. The number of aromatic nitrogens is 2. The molecule has 6 rings (SSSR count). The van der Waals surface area contributed by atoms with Gasteiger partial charge in [0.05, 0.1) is 12.1 Å². The van der Waals surface area contributed by atoms with Gasteiger partial charge in [-0.25, -0.2) is 0 Å². The van der Waals surface area contributed by atoms with E-state index >= 15 is 0 Å². The number of aryl methyl sites for hydroxylation is 2. The Bertz CT molecular complexity index is 1370. The second kappa shape index (κ2) is 13.3. The number of Topliss-reactive ketones (excluding diaryl/α,β-unsaturated/α-hetero) is 1. The minimum Gasteiger partial charge on any atom is -0.325 e. The molecule has 7 heteroatoms. The van der Waals surface area contributed by atoms with Crippen molar-refractivity contribution in [2.45, 2.75) is 64.8 Å². The number of likely N-dealkylation sites (tertiary alicyclic amines) is 2. The van der Waals surface area contributed by atoms with Crippen LogP contribution in [0.1, 0.15) is 73.4 Å². The minimum absolute atomic E-state index is 0.0191. The summed E-state index contributed by atoms with van der Waals surface area (Å²) in [6, 6.07) is 15.2. The van der Waals surface area contributed by atoms with E-state index in [9.17, 15) is 9.59 Å². The maximum absolute atomic E-state index is 12.4. The van der Waals surface area contributed by atoms with E-state index in [1.54, 1.807) is 19.1 Å². The Hall–Kier alpha value is -3.29. The molecule has 1 aromatic heterocycles. The second-order valence-electron chi connectivity index (χ2n) is 12.9. The lowest BCUT2D eigenvalue weighted by molar-refractivity contribution is -0.125. The topological polar surface area (TPSA) is 70.5 Å². The molecule has 2 atom stereocenters. The lowest BCUT2D eigenvalue weighted by Crippen LogP contribution is -2.55. The van der Waals surface area contributed by atoms with Crippen molar-refractivity contribution < 1.29 is 9.59 Å². The molecule has 1 aliphatic carbocycles. The van der Waals surface area contributed by atoms with Crippen LogP contribution in [0, 0.1) is 18.8 Å². The van der Waals surface area contributed by atoms with Gasteiger partial charge in [0.25, 0.3) is 0 Å². The number of nitrogens with one attached hydrogen (secondary N) is 1. The van der Waals surface area contributed by atoms with Crippen molar-refractivity contribution in [3.8, 4) is 11.1 Å². The monoisotopic (exact) mass is 569 g/mol. The van der Waals surface area contributed by atoms with Crippen molar-refractivity contribution in [3.63, 3.8) is 0 Å². The lowest BCUT2D eigenvalue weighted by Gasteiger charge is -2.42. The fourth-order valence-corrected chi connectivity index (χ4v) is 6.56. The molecule has 0 spiro atoms. The van der Waals surface area contributed by atoms with Gasteiger partial charge in [-0.15, -0.1) is 0 Å². The summed E-state index contributed by atoms with van der Waals surface area (Å²) in [6.07, 6.45) is 10.4. The third-order valence-electron chi connectivity index (χ3n) is 9.50. The number of carbonyl (C=O) groups is 2. The highest BCUT2D eigenvalue weighted by atomic mass is 16.2. The third kappa shape index (κ3) is 7.37. The van der Waals surface area contributed by atoms with Crippen molar-refractivity contribution in [3.05, 3.63) is 71.5 Å². The zero-order chi connectivity index (χ0) is 29.8. The lowest BCUT2D eigenvalue weighted by atomic mass is 9.89. The molecule has 224 valence electrons. The van der Waals surface area contributed by atoms with Crippen molar-refractivity contribution >= 4 is 17.4 Å². The summed E-state index contributed by atoms with van der Waals surface area (Å²) in [5.74, 6) is 1.73. The Morgan fingerprint density at radius 2 is 1.64 bits per heavy atom. The second-order valence-corrected chi connectivity index (χ2v) is 12.9. The summed E-state index contributed by atoms with van der Waals surface area (Å²) in [5.41, 5.74) is 6.32. The Balaban J connectivity index is 0.000000171. The number of amides is 1. The predicted molar refractivity (Wildman–Crippen MR) is 170 cm³/mol. The van der Waals surface area contributed by atoms with Crippen LogP contribution in [-0.2, 0) is 11.8 Å². The van der Waals surface area contributed by atoms with Crippen molar-refractivity contribution in [1.82, 2.24) is 19.6 Å². The fourth-order valence-electron chi connectivity index (χ4n) is 6.56. The summed E-state index contributed by atoms with van der Waals surface area (Å²) in [4.78, 5) is 28.8. The maximum atomic E-state index is 12.4. The van der Waals surface area contributed by atoms with Crippen LogP contribution in [-0.4, -0.2) is 70.5 Å². The molecule has 3 aliphatic rings. The molecule has 3 fully saturated rings. The van der Waals surface area contributed by atoms with E-state index in [4.69, 9.17) is 0 Å². The molecule has 3 heterocycles. The maximum Gasteiger partial charge on any atom is 0.230 e. The number of anilines is 1. The van der Waals surface area contributed by atoms with Gasteiger partial charge in [-0.05, 0) is 101 Å². The van der Waals surface area contributed by atoms with E-state index in [1.165, 1.54) is 61.9 Å². The van der Waals surface area contributed by atoms with Crippen LogP contribution in [0.15, 0.2) is 54.9 Å². The third-order valence-corrected chi connectivity index (χ3v) is 9.50. The smallest absolute Gasteiger partial charge is 0.230 e. The molecule has 7 nitrogen and oxygen atoms in total. The number of ketones is 1. The highest BCUT2D eigenvalue weighted by Crippen LogP contribution is 2.33. The van der Waals surface area contributed by atoms with Crippen LogP contribution in [0.3, 0.4) is 0 Å². The number of carbonyl (C=O) groups excluding carboxylic acids is 2. The Morgan fingerprint density at radius 1 is 0.929 bits per heavy atom. The molecule has 0 radical (unpaired) electrons. The molecular weight excluding hydrogens is 522 g/mol. The molecule has 1 N–H and O–H groups in total. The molecule has 1 saturated carbocycles. The first-order valence-corrected chi connectivity index (χ1v) is 15.6. The highest BCUT2D eigenvalue weighted by molar-refractivity contribution is 5.98. The Labute approximate surface area is 251 Å². The molecule has 3 aromatic rings. The first-order valence-electron chi connectivity index (χ1n) is 15.6. The number of rotatable bonds is 6. The predicted octanol–water partition coefficient (Wildman–Crippen LogP) is 6.15. The number of benzene rings is 2. The van der Waals surface area contributed by atoms with Crippen molar-refractivity contribution in [2.75, 3.05) is 38.5 Å². The van der Waals surface area contributed by atoms with Gasteiger partial charge in [0.1, 0.15) is 0 Å². The van der Waals surface area contributed by atoms with E-state index in [-0.39, 0.29) is 17.6 Å². The average Bonchev–Trinajstić information content (AvgIpc) is 3.58. The summed E-state index contributed by atoms with van der Waals surface area (Å²) < 4.78 is 1.85. The molecule has 2 saturated heterocycles. The molecule has 2 unspecified atom stereocenters. The molecule has 1 amide bonds. The normalized spacial score (nSPS) is 21.8. The van der Waals surface area contributed by atoms with Gasteiger partial charge in [0.2, 0.25) is 5.91 Å². The zero-order valence-electron chi connectivity index (χ0n) is 26.0. The summed E-state index contributed by atoms with van der Waals surface area (Å²) in [6.45, 7) is 9.98. The Morgan fingerprint density at radius 3 is 2.24 bits per heavy atom. The van der Waals surface area contributed by atoms with Gasteiger partial charge >= 0.3 is 0 Å². The van der Waals surface area contributed by atoms with Crippen molar-refractivity contribution in [2.24, 2.45) is 18.9 Å². The van der Waals surface area contributed by atoms with Crippen LogP contribution < -0.4 is 5.32 Å². The molecule has 0 bridgehead atoms. The van der Waals surface area contributed by atoms with Crippen LogP contribution >= 0.6 is 0 Å². The molecule has 2 aromatic carbocycles. The van der Waals surface area contributed by atoms with Crippen LogP contribution in [0.4, 0.5) is 5.69 Å². The van der Waals surface area contributed by atoms with Gasteiger partial charge < -0.3 is 10.2 Å². The molecule has 2 aliphatic heterocycles. The van der Waals surface area contributed by atoms with Crippen LogP contribution in [0.2, 0.25) is 0 Å². The number of nitrogens with zero attached hydrogens (tertiary/aromatic N) is 4. The number of hydrogen-bond donors (Lipinski definition) is 1. The summed E-state index contributed by atoms with van der Waals surface area (Å²) >= 11 is 0. The van der Waals surface area contributed by atoms with E-state index < -0.39 is 0 Å². The van der Waals surface area contributed by atoms with Gasteiger partial charge in [-0.1, -0.05) is 43.3 Å². The quantitative estimate of drug-likeness (QED) is 0.361. The van der Waals surface area contributed by atoms with Gasteiger partial charge in [0, 0.05) is 49.2 Å². The largest absolute Gasteiger partial charge is 0.325 e. The van der Waals surface area contributed by atoms with Crippen molar-refractivity contribution in [1.29, 1.82) is 0 Å². The van der Waals surface area contributed by atoms with Gasteiger partial charge in [-0.2, -0.15) is 5.10 Å². The number of hydrogen-bond acceptors (Lipinski definition) is 5. The van der Waals surface area contributed by atoms with E-state index in [2.05, 4.69) is 64.6 Å². The van der Waals surface area contributed by atoms with E-state index in [1.807, 2.05) is 30.9 Å². The van der Waals surface area contributed by atoms with E-state index in [0.29, 0.717) is 11.6 Å². The number of piperidine rings is 1. The minimum atomic E-state index is 0.0191. The summed E-state index contributed by atoms with van der Waals surface area (Å²) in [5, 5.41) is 7.23. The SMILES string of the molecule is CC(=O)c1ccc(C)c(NC(=O)C2CN(C3CCC(C)C3)C2)c1.CN1CCC(c2ccc(-c3cnn(C)c3)cc2)CC1. The fraction of sp³-hybridized carbons (Fsp3) is 0.514. The zero-order valence-corrected chi connectivity index (χ0v) is 26.0. The Kier molecular flexibility index (Phi) is 9.59. The van der Waals surface area contributed by atoms with Gasteiger partial charge in [0.15, 0.2) is 5.78 Å². The van der Waals surface area contributed by atoms with Crippen LogP contribution in [0.5, 0.6) is 0 Å². The molecule has 42 heavy (non-hydrogen) atoms. The average molecular weight is 570 g/mol. The van der Waals surface area contributed by atoms with Crippen LogP contribution in [0.25, 0.3) is 11.1 Å². The summed E-state index contributed by atoms with van der Waals surface area (Å²) in [7, 11) is 4.16. The highest BCUT2D eigenvalue weighted by Gasteiger charge is 2.38.